The molecule has 5 heteroatoms. The summed E-state index contributed by atoms with van der Waals surface area (Å²) in [4.78, 5) is 26.1. The molecule has 0 fully saturated rings. The maximum atomic E-state index is 11.9. The minimum Gasteiger partial charge on any atom is -0.256 e. The topological polar surface area (TPSA) is 59.8 Å². The molecule has 1 N–H and O–H groups in total. The van der Waals surface area contributed by atoms with E-state index in [0.717, 1.165) is 0 Å². The number of aromatic nitrogens is 3. The summed E-state index contributed by atoms with van der Waals surface area (Å²) < 4.78 is 2.63. The molecule has 19 heavy (non-hydrogen) atoms. The van der Waals surface area contributed by atoms with Crippen LogP contribution in [0.1, 0.15) is 0 Å². The quantitative estimate of drug-likeness (QED) is 0.748. The van der Waals surface area contributed by atoms with Crippen molar-refractivity contribution in [2.75, 3.05) is 0 Å². The number of benzene rings is 2. The number of rotatable bonds is 2. The van der Waals surface area contributed by atoms with E-state index in [1.165, 1.54) is 9.36 Å². The van der Waals surface area contributed by atoms with E-state index in [9.17, 15) is 9.59 Å². The Morgan fingerprint density at radius 2 is 1.00 bits per heavy atom. The van der Waals surface area contributed by atoms with Crippen molar-refractivity contribution in [1.29, 1.82) is 0 Å². The second-order valence-corrected chi connectivity index (χ2v) is 4.03. The van der Waals surface area contributed by atoms with Crippen LogP contribution in [0.5, 0.6) is 0 Å². The molecular weight excluding hydrogens is 242 g/mol. The van der Waals surface area contributed by atoms with Gasteiger partial charge in [-0.25, -0.2) is 9.59 Å². The first-order chi connectivity index (χ1) is 9.27. The van der Waals surface area contributed by atoms with Crippen LogP contribution in [0.3, 0.4) is 0 Å². The fourth-order valence-corrected chi connectivity index (χ4v) is 1.98. The molecule has 94 valence electrons. The van der Waals surface area contributed by atoms with Gasteiger partial charge in [0, 0.05) is 0 Å². The van der Waals surface area contributed by atoms with Crippen molar-refractivity contribution in [1.82, 2.24) is 14.3 Å². The number of H-pyrrole nitrogens is 1. The first kappa shape index (κ1) is 11.3. The molecule has 0 atom stereocenters. The van der Waals surface area contributed by atoms with E-state index in [0.29, 0.717) is 11.4 Å². The molecule has 0 amide bonds. The van der Waals surface area contributed by atoms with E-state index in [1.54, 1.807) is 24.3 Å². The molecule has 0 aliphatic carbocycles. The standard InChI is InChI=1S/C14H11N3O2/c18-13-15-14(19)17(12-9-5-2-6-10-12)16(13)11-7-3-1-4-8-11/h1-10H,(H,15,18,19). The summed E-state index contributed by atoms with van der Waals surface area (Å²) in [6.45, 7) is 0. The van der Waals surface area contributed by atoms with Crippen molar-refractivity contribution in [3.05, 3.63) is 81.6 Å². The van der Waals surface area contributed by atoms with E-state index >= 15 is 0 Å². The predicted octanol–water partition coefficient (Wildman–Crippen LogP) is 1.32. The summed E-state index contributed by atoms with van der Waals surface area (Å²) >= 11 is 0. The lowest BCUT2D eigenvalue weighted by molar-refractivity contribution is 0.706. The van der Waals surface area contributed by atoms with Crippen LogP contribution in [0.4, 0.5) is 0 Å². The molecule has 0 saturated heterocycles. The Bertz CT molecular complexity index is 730. The number of nitrogens with one attached hydrogen (secondary N) is 1. The highest BCUT2D eigenvalue weighted by Crippen LogP contribution is 2.07. The first-order valence-corrected chi connectivity index (χ1v) is 5.82. The third-order valence-corrected chi connectivity index (χ3v) is 2.80. The van der Waals surface area contributed by atoms with Gasteiger partial charge < -0.3 is 0 Å². The van der Waals surface area contributed by atoms with Gasteiger partial charge in [-0.05, 0) is 24.3 Å². The lowest BCUT2D eigenvalue weighted by Gasteiger charge is -2.09. The Morgan fingerprint density at radius 1 is 0.632 bits per heavy atom. The third kappa shape index (κ3) is 1.91. The van der Waals surface area contributed by atoms with Crippen LogP contribution in [0.2, 0.25) is 0 Å². The van der Waals surface area contributed by atoms with Gasteiger partial charge in [0.25, 0.3) is 0 Å². The van der Waals surface area contributed by atoms with Gasteiger partial charge in [0.2, 0.25) is 0 Å². The minimum absolute atomic E-state index is 0.458. The largest absolute Gasteiger partial charge is 0.349 e. The van der Waals surface area contributed by atoms with Gasteiger partial charge in [-0.1, -0.05) is 36.4 Å². The molecule has 0 radical (unpaired) electrons. The summed E-state index contributed by atoms with van der Waals surface area (Å²) in [6, 6.07) is 18.1. The maximum absolute atomic E-state index is 11.9. The van der Waals surface area contributed by atoms with Gasteiger partial charge >= 0.3 is 11.4 Å². The van der Waals surface area contributed by atoms with Crippen LogP contribution in [-0.2, 0) is 0 Å². The normalized spacial score (nSPS) is 10.5. The van der Waals surface area contributed by atoms with Gasteiger partial charge in [-0.15, -0.1) is 0 Å². The molecule has 1 aromatic heterocycles. The van der Waals surface area contributed by atoms with E-state index in [1.807, 2.05) is 36.4 Å². The highest BCUT2D eigenvalue weighted by molar-refractivity contribution is 5.35. The van der Waals surface area contributed by atoms with Gasteiger partial charge in [0.15, 0.2) is 0 Å². The molecule has 3 aromatic rings. The highest BCUT2D eigenvalue weighted by Gasteiger charge is 2.11. The molecule has 0 aliphatic heterocycles. The predicted molar refractivity (Wildman–Crippen MR) is 72.0 cm³/mol. The zero-order valence-corrected chi connectivity index (χ0v) is 9.98. The van der Waals surface area contributed by atoms with Crippen LogP contribution in [0, 0.1) is 0 Å². The molecular formula is C14H11N3O2. The Hall–Kier alpha value is -2.82. The van der Waals surface area contributed by atoms with Crippen molar-refractivity contribution < 1.29 is 0 Å². The van der Waals surface area contributed by atoms with Crippen molar-refractivity contribution in [3.8, 4) is 11.4 Å². The minimum atomic E-state index is -0.458. The van der Waals surface area contributed by atoms with Gasteiger partial charge in [-0.3, -0.25) is 4.98 Å². The molecule has 0 bridgehead atoms. The van der Waals surface area contributed by atoms with Crippen LogP contribution in [-0.4, -0.2) is 14.3 Å². The van der Waals surface area contributed by atoms with E-state index in [2.05, 4.69) is 4.98 Å². The summed E-state index contributed by atoms with van der Waals surface area (Å²) in [6.07, 6.45) is 0. The zero-order valence-electron chi connectivity index (χ0n) is 9.98. The molecule has 0 unspecified atom stereocenters. The molecule has 0 spiro atoms. The number of para-hydroxylation sites is 2. The summed E-state index contributed by atoms with van der Waals surface area (Å²) in [5.41, 5.74) is 0.351. The second kappa shape index (κ2) is 4.45. The lowest BCUT2D eigenvalue weighted by Crippen LogP contribution is -2.23. The zero-order chi connectivity index (χ0) is 13.2. The summed E-state index contributed by atoms with van der Waals surface area (Å²) in [5, 5.41) is 0. The average molecular weight is 253 g/mol. The molecule has 0 saturated carbocycles. The Morgan fingerprint density at radius 3 is 1.37 bits per heavy atom. The number of hydrogen-bond donors (Lipinski definition) is 1. The van der Waals surface area contributed by atoms with Gasteiger partial charge in [-0.2, -0.15) is 9.36 Å². The van der Waals surface area contributed by atoms with Crippen molar-refractivity contribution in [3.63, 3.8) is 0 Å². The molecule has 0 aliphatic rings. The van der Waals surface area contributed by atoms with Gasteiger partial charge in [0.1, 0.15) is 0 Å². The maximum Gasteiger partial charge on any atom is 0.349 e. The molecule has 5 nitrogen and oxygen atoms in total. The number of hydrogen-bond acceptors (Lipinski definition) is 2. The average Bonchev–Trinajstić information content (AvgIpc) is 2.75. The van der Waals surface area contributed by atoms with Crippen LogP contribution >= 0.6 is 0 Å². The fraction of sp³-hybridized carbons (Fsp3) is 0. The van der Waals surface area contributed by atoms with Crippen LogP contribution in [0.15, 0.2) is 70.3 Å². The van der Waals surface area contributed by atoms with E-state index in [-0.39, 0.29) is 0 Å². The van der Waals surface area contributed by atoms with Crippen molar-refractivity contribution in [2.45, 2.75) is 0 Å². The molecule has 1 heterocycles. The Kier molecular flexibility index (Phi) is 2.64. The number of aromatic amines is 1. The fourth-order valence-electron chi connectivity index (χ4n) is 1.98. The second-order valence-electron chi connectivity index (χ2n) is 4.03. The summed E-state index contributed by atoms with van der Waals surface area (Å²) in [5.74, 6) is 0. The SMILES string of the molecule is O=c1[nH]c(=O)n(-c2ccccc2)n1-c1ccccc1. The third-order valence-electron chi connectivity index (χ3n) is 2.80. The summed E-state index contributed by atoms with van der Waals surface area (Å²) in [7, 11) is 0. The molecule has 2 aromatic carbocycles. The number of nitrogens with zero attached hydrogens (tertiary/aromatic N) is 2. The van der Waals surface area contributed by atoms with Crippen LogP contribution < -0.4 is 11.4 Å². The highest BCUT2D eigenvalue weighted by atomic mass is 16.2. The van der Waals surface area contributed by atoms with Gasteiger partial charge in [0.05, 0.1) is 11.4 Å². The Balaban J connectivity index is 2.33. The smallest absolute Gasteiger partial charge is 0.256 e. The van der Waals surface area contributed by atoms with Crippen molar-refractivity contribution >= 4 is 0 Å². The first-order valence-electron chi connectivity index (χ1n) is 5.82. The lowest BCUT2D eigenvalue weighted by atomic mass is 10.3. The molecule has 3 rings (SSSR count). The van der Waals surface area contributed by atoms with E-state index < -0.39 is 11.4 Å². The van der Waals surface area contributed by atoms with Crippen LogP contribution in [0.25, 0.3) is 11.4 Å². The Labute approximate surface area is 108 Å². The monoisotopic (exact) mass is 253 g/mol. The van der Waals surface area contributed by atoms with E-state index in [4.69, 9.17) is 0 Å². The van der Waals surface area contributed by atoms with Crippen molar-refractivity contribution in [2.24, 2.45) is 0 Å².